The number of hydrogen-bond donors (Lipinski definition) is 1. The van der Waals surface area contributed by atoms with Gasteiger partial charge in [-0.05, 0) is 55.4 Å². The van der Waals surface area contributed by atoms with E-state index in [0.717, 1.165) is 12.8 Å². The van der Waals surface area contributed by atoms with E-state index in [2.05, 4.69) is 14.5 Å². The number of rotatable bonds is 4. The number of likely N-dealkylation sites (tertiary alicyclic amines) is 1. The van der Waals surface area contributed by atoms with Crippen LogP contribution in [-0.2, 0) is 6.54 Å². The van der Waals surface area contributed by atoms with Crippen LogP contribution in [0, 0.1) is 4.77 Å². The fraction of sp³-hybridized carbons (Fsp3) is 0.273. The van der Waals surface area contributed by atoms with E-state index in [1.165, 1.54) is 4.57 Å². The Bertz CT molecular complexity index is 1330. The monoisotopic (exact) mass is 435 g/mol. The number of aromatic nitrogens is 4. The molecule has 0 atom stereocenters. The molecule has 4 aromatic rings. The summed E-state index contributed by atoms with van der Waals surface area (Å²) in [6.07, 6.45) is 8.90. The smallest absolute Gasteiger partial charge is 0.262 e. The van der Waals surface area contributed by atoms with Gasteiger partial charge in [0.05, 0.1) is 30.0 Å². The summed E-state index contributed by atoms with van der Waals surface area (Å²) in [5.41, 5.74) is 0.891. The molecule has 1 aliphatic rings. The number of carbonyl (C=O) groups excluding carboxylic acids is 1. The molecule has 1 amide bonds. The Hall–Kier alpha value is -3.46. The number of amides is 1. The molecule has 0 bridgehead atoms. The molecule has 0 saturated carbocycles. The van der Waals surface area contributed by atoms with Crippen LogP contribution < -0.4 is 5.56 Å². The molecule has 1 N–H and O–H groups in total. The van der Waals surface area contributed by atoms with E-state index in [9.17, 15) is 9.59 Å². The number of H-pyrrole nitrogens is 1. The second kappa shape index (κ2) is 7.99. The molecule has 0 aliphatic carbocycles. The van der Waals surface area contributed by atoms with Crippen molar-refractivity contribution in [1.82, 2.24) is 24.0 Å². The Labute approximate surface area is 182 Å². The Morgan fingerprint density at radius 2 is 2.10 bits per heavy atom. The van der Waals surface area contributed by atoms with Crippen molar-refractivity contribution in [2.24, 2.45) is 0 Å². The Morgan fingerprint density at radius 1 is 1.26 bits per heavy atom. The standard InChI is InChI=1S/C22H21N5O3S/c28-20(25-8-5-16(6-9-25)26-10-7-23-14-26)15-3-4-18-19(12-15)24-22(31)27(21(18)29)13-17-2-1-11-30-17/h1-4,7,10-12,14,16H,5-6,8-9,13H2,(H,24,31). The van der Waals surface area contributed by atoms with Gasteiger partial charge in [0.25, 0.3) is 11.5 Å². The van der Waals surface area contributed by atoms with E-state index in [0.29, 0.717) is 46.1 Å². The fourth-order valence-electron chi connectivity index (χ4n) is 4.12. The highest BCUT2D eigenvalue weighted by Gasteiger charge is 2.24. The number of fused-ring (bicyclic) bond motifs is 1. The molecule has 0 radical (unpaired) electrons. The van der Waals surface area contributed by atoms with E-state index >= 15 is 0 Å². The van der Waals surface area contributed by atoms with Gasteiger partial charge in [-0.2, -0.15) is 0 Å². The summed E-state index contributed by atoms with van der Waals surface area (Å²) in [5.74, 6) is 0.608. The van der Waals surface area contributed by atoms with Gasteiger partial charge in [-0.1, -0.05) is 0 Å². The van der Waals surface area contributed by atoms with Gasteiger partial charge in [-0.25, -0.2) is 4.98 Å². The Balaban J connectivity index is 1.38. The van der Waals surface area contributed by atoms with Crippen molar-refractivity contribution in [3.63, 3.8) is 0 Å². The number of carbonyl (C=O) groups is 1. The van der Waals surface area contributed by atoms with Gasteiger partial charge in [0.2, 0.25) is 0 Å². The maximum absolute atomic E-state index is 13.1. The van der Waals surface area contributed by atoms with Crippen molar-refractivity contribution < 1.29 is 9.21 Å². The second-order valence-corrected chi connectivity index (χ2v) is 8.08. The molecule has 3 aromatic heterocycles. The van der Waals surface area contributed by atoms with Crippen molar-refractivity contribution in [2.45, 2.75) is 25.4 Å². The minimum atomic E-state index is -0.213. The number of piperidine rings is 1. The molecule has 1 saturated heterocycles. The highest BCUT2D eigenvalue weighted by atomic mass is 32.1. The van der Waals surface area contributed by atoms with Crippen LogP contribution in [0.3, 0.4) is 0 Å². The first-order chi connectivity index (χ1) is 15.1. The maximum Gasteiger partial charge on any atom is 0.262 e. The lowest BCUT2D eigenvalue weighted by Crippen LogP contribution is -2.39. The van der Waals surface area contributed by atoms with Crippen LogP contribution in [-0.4, -0.2) is 43.0 Å². The molecule has 8 nitrogen and oxygen atoms in total. The Morgan fingerprint density at radius 3 is 2.81 bits per heavy atom. The third kappa shape index (κ3) is 3.72. The molecule has 4 heterocycles. The number of aromatic amines is 1. The second-order valence-electron chi connectivity index (χ2n) is 7.69. The lowest BCUT2D eigenvalue weighted by Gasteiger charge is -2.32. The zero-order chi connectivity index (χ0) is 21.4. The Kier molecular flexibility index (Phi) is 5.03. The van der Waals surface area contributed by atoms with Crippen molar-refractivity contribution in [3.05, 3.63) is 81.8 Å². The van der Waals surface area contributed by atoms with E-state index in [-0.39, 0.29) is 18.0 Å². The lowest BCUT2D eigenvalue weighted by atomic mass is 10.0. The van der Waals surface area contributed by atoms with Gasteiger partial charge < -0.3 is 18.9 Å². The molecular weight excluding hydrogens is 414 g/mol. The highest BCUT2D eigenvalue weighted by molar-refractivity contribution is 7.71. The van der Waals surface area contributed by atoms with Gasteiger partial charge >= 0.3 is 0 Å². The summed E-state index contributed by atoms with van der Waals surface area (Å²) in [7, 11) is 0. The zero-order valence-electron chi connectivity index (χ0n) is 16.7. The quantitative estimate of drug-likeness (QED) is 0.497. The summed E-state index contributed by atoms with van der Waals surface area (Å²) < 4.78 is 9.18. The summed E-state index contributed by atoms with van der Waals surface area (Å²) >= 11 is 5.39. The van der Waals surface area contributed by atoms with Crippen molar-refractivity contribution in [1.29, 1.82) is 0 Å². The molecule has 1 aliphatic heterocycles. The van der Waals surface area contributed by atoms with Crippen molar-refractivity contribution in [2.75, 3.05) is 13.1 Å². The molecule has 9 heteroatoms. The molecule has 1 aromatic carbocycles. The molecule has 0 unspecified atom stereocenters. The van der Waals surface area contributed by atoms with E-state index in [1.54, 1.807) is 42.8 Å². The molecule has 0 spiro atoms. The minimum absolute atomic E-state index is 0.0370. The van der Waals surface area contributed by atoms with Crippen LogP contribution in [0.15, 0.2) is 64.5 Å². The number of hydrogen-bond acceptors (Lipinski definition) is 5. The third-order valence-electron chi connectivity index (χ3n) is 5.82. The van der Waals surface area contributed by atoms with Gasteiger partial charge in [0.15, 0.2) is 4.77 Å². The van der Waals surface area contributed by atoms with Crippen molar-refractivity contribution >= 4 is 29.0 Å². The van der Waals surface area contributed by atoms with Gasteiger partial charge in [-0.15, -0.1) is 0 Å². The normalized spacial score (nSPS) is 14.9. The number of imidazole rings is 1. The van der Waals surface area contributed by atoms with E-state index < -0.39 is 0 Å². The topological polar surface area (TPSA) is 89.1 Å². The first kappa shape index (κ1) is 19.5. The average molecular weight is 436 g/mol. The molecule has 158 valence electrons. The molecule has 1 fully saturated rings. The SMILES string of the molecule is O=C(c1ccc2c(=O)n(Cc3ccco3)c(=S)[nH]c2c1)N1CCC(n2ccnc2)CC1. The van der Waals surface area contributed by atoms with Gasteiger partial charge in [0, 0.05) is 37.1 Å². The summed E-state index contributed by atoms with van der Waals surface area (Å²) in [6, 6.07) is 9.04. The summed E-state index contributed by atoms with van der Waals surface area (Å²) in [6.45, 7) is 1.62. The molecule has 5 rings (SSSR count). The largest absolute Gasteiger partial charge is 0.467 e. The van der Waals surface area contributed by atoms with Crippen LogP contribution >= 0.6 is 12.2 Å². The number of nitrogens with zero attached hydrogens (tertiary/aromatic N) is 4. The van der Waals surface area contributed by atoms with Gasteiger partial charge in [0.1, 0.15) is 5.76 Å². The first-order valence-corrected chi connectivity index (χ1v) is 10.6. The fourth-order valence-corrected chi connectivity index (χ4v) is 4.38. The highest BCUT2D eigenvalue weighted by Crippen LogP contribution is 2.24. The van der Waals surface area contributed by atoms with E-state index in [1.807, 2.05) is 17.4 Å². The average Bonchev–Trinajstić information content (AvgIpc) is 3.50. The summed E-state index contributed by atoms with van der Waals surface area (Å²) in [5, 5.41) is 0.482. The predicted molar refractivity (Wildman–Crippen MR) is 118 cm³/mol. The number of benzene rings is 1. The molecular formula is C22H21N5O3S. The first-order valence-electron chi connectivity index (χ1n) is 10.2. The lowest BCUT2D eigenvalue weighted by molar-refractivity contribution is 0.0694. The molecule has 31 heavy (non-hydrogen) atoms. The van der Waals surface area contributed by atoms with Crippen molar-refractivity contribution in [3.8, 4) is 0 Å². The van der Waals surface area contributed by atoms with Gasteiger partial charge in [-0.3, -0.25) is 14.2 Å². The minimum Gasteiger partial charge on any atom is -0.467 e. The number of nitrogens with one attached hydrogen (secondary N) is 1. The summed E-state index contributed by atoms with van der Waals surface area (Å²) in [4.78, 5) is 35.1. The van der Waals surface area contributed by atoms with Crippen LogP contribution in [0.4, 0.5) is 0 Å². The third-order valence-corrected chi connectivity index (χ3v) is 6.14. The van der Waals surface area contributed by atoms with Crippen LogP contribution in [0.25, 0.3) is 10.9 Å². The van der Waals surface area contributed by atoms with Crippen LogP contribution in [0.2, 0.25) is 0 Å². The van der Waals surface area contributed by atoms with Crippen LogP contribution in [0.1, 0.15) is 35.0 Å². The van der Waals surface area contributed by atoms with E-state index in [4.69, 9.17) is 16.6 Å². The number of furan rings is 1. The maximum atomic E-state index is 13.1. The zero-order valence-corrected chi connectivity index (χ0v) is 17.5. The van der Waals surface area contributed by atoms with Crippen LogP contribution in [0.5, 0.6) is 0 Å². The predicted octanol–water partition coefficient (Wildman–Crippen LogP) is 3.37.